The zero-order chi connectivity index (χ0) is 9.19. The Kier molecular flexibility index (Phi) is 3.65. The molecule has 0 spiro atoms. The highest BCUT2D eigenvalue weighted by molar-refractivity contribution is 7.68. The molecule has 1 heterocycles. The summed E-state index contributed by atoms with van der Waals surface area (Å²) >= 11 is 0. The van der Waals surface area contributed by atoms with Gasteiger partial charge < -0.3 is 13.6 Å². The van der Waals surface area contributed by atoms with Gasteiger partial charge in [0.2, 0.25) is 0 Å². The molecule has 0 bridgehead atoms. The van der Waals surface area contributed by atoms with Crippen LogP contribution < -0.4 is 0 Å². The first kappa shape index (κ1) is 10.6. The highest BCUT2D eigenvalue weighted by Gasteiger charge is 2.46. The smallest absolute Gasteiger partial charge is 0.280 e. The first-order chi connectivity index (χ1) is 5.68. The lowest BCUT2D eigenvalue weighted by molar-refractivity contribution is 0.268. The van der Waals surface area contributed by atoms with E-state index in [0.29, 0.717) is 6.16 Å². The predicted octanol–water partition coefficient (Wildman–Crippen LogP) is 1.66. The molecule has 7 heteroatoms. The first-order valence-electron chi connectivity index (χ1n) is 3.49. The van der Waals surface area contributed by atoms with Crippen molar-refractivity contribution in [3.63, 3.8) is 0 Å². The Morgan fingerprint density at radius 2 is 1.92 bits per heavy atom. The maximum absolute atomic E-state index is 11.7. The molecule has 5 nitrogen and oxygen atoms in total. The molecule has 12 heavy (non-hydrogen) atoms. The monoisotopic (exact) mass is 213 g/mol. The van der Waals surface area contributed by atoms with Crippen molar-refractivity contribution in [3.8, 4) is 0 Å². The predicted molar refractivity (Wildman–Crippen MR) is 47.1 cm³/mol. The topological polar surface area (TPSA) is 48.0 Å². The minimum absolute atomic E-state index is 0.592. The van der Waals surface area contributed by atoms with E-state index in [9.17, 15) is 4.57 Å². The standard InChI is InChI=1S/C5H13NO4P2/c1-8-11(9-2)6-4-5-12(6,7)10-3/h4-5H2,1-3H3. The fourth-order valence-corrected chi connectivity index (χ4v) is 4.84. The van der Waals surface area contributed by atoms with Crippen LogP contribution >= 0.6 is 16.0 Å². The molecule has 1 aliphatic heterocycles. The van der Waals surface area contributed by atoms with E-state index in [1.54, 1.807) is 4.44 Å². The molecule has 0 aromatic rings. The lowest BCUT2D eigenvalue weighted by Crippen LogP contribution is -2.33. The van der Waals surface area contributed by atoms with Gasteiger partial charge in [0.25, 0.3) is 16.0 Å². The summed E-state index contributed by atoms with van der Waals surface area (Å²) in [5.41, 5.74) is 0. The first-order valence-corrected chi connectivity index (χ1v) is 6.38. The molecule has 1 atom stereocenters. The molecule has 0 aliphatic carbocycles. The number of nitrogens with zero attached hydrogens (tertiary/aromatic N) is 1. The highest BCUT2D eigenvalue weighted by Crippen LogP contribution is 2.68. The van der Waals surface area contributed by atoms with Gasteiger partial charge in [-0.2, -0.15) is 4.44 Å². The van der Waals surface area contributed by atoms with E-state index in [4.69, 9.17) is 13.6 Å². The van der Waals surface area contributed by atoms with Crippen molar-refractivity contribution in [2.45, 2.75) is 0 Å². The SMILES string of the molecule is COP(OC)N1CCP1(=O)OC. The van der Waals surface area contributed by atoms with Crippen LogP contribution in [0.3, 0.4) is 0 Å². The van der Waals surface area contributed by atoms with Gasteiger partial charge in [-0.05, 0) is 0 Å². The molecule has 1 saturated heterocycles. The van der Waals surface area contributed by atoms with E-state index >= 15 is 0 Å². The summed E-state index contributed by atoms with van der Waals surface area (Å²) < 4.78 is 28.3. The third-order valence-corrected chi connectivity index (χ3v) is 6.42. The average Bonchev–Trinajstić information content (AvgIpc) is 2.10. The van der Waals surface area contributed by atoms with Crippen LogP contribution in [0.15, 0.2) is 0 Å². The third-order valence-electron chi connectivity index (χ3n) is 1.72. The summed E-state index contributed by atoms with van der Waals surface area (Å²) in [5.74, 6) is 0. The van der Waals surface area contributed by atoms with Crippen LogP contribution in [0.5, 0.6) is 0 Å². The van der Waals surface area contributed by atoms with Crippen molar-refractivity contribution in [2.24, 2.45) is 0 Å². The minimum atomic E-state index is -2.56. The molecule has 0 saturated carbocycles. The van der Waals surface area contributed by atoms with Gasteiger partial charge in [0, 0.05) is 27.9 Å². The summed E-state index contributed by atoms with van der Waals surface area (Å²) in [7, 11) is 0.780. The summed E-state index contributed by atoms with van der Waals surface area (Å²) in [4.78, 5) is 0. The lowest BCUT2D eigenvalue weighted by Gasteiger charge is -2.40. The highest BCUT2D eigenvalue weighted by atomic mass is 31.2. The van der Waals surface area contributed by atoms with Crippen molar-refractivity contribution < 1.29 is 18.1 Å². The minimum Gasteiger partial charge on any atom is -0.325 e. The molecule has 0 aromatic heterocycles. The zero-order valence-electron chi connectivity index (χ0n) is 7.39. The molecule has 1 rings (SSSR count). The van der Waals surface area contributed by atoms with Crippen molar-refractivity contribution in [3.05, 3.63) is 0 Å². The van der Waals surface area contributed by atoms with Gasteiger partial charge >= 0.3 is 0 Å². The second-order valence-corrected chi connectivity index (χ2v) is 6.82. The zero-order valence-corrected chi connectivity index (χ0v) is 9.18. The maximum Gasteiger partial charge on any atom is 0.280 e. The largest absolute Gasteiger partial charge is 0.325 e. The van der Waals surface area contributed by atoms with Crippen LogP contribution in [-0.2, 0) is 18.1 Å². The van der Waals surface area contributed by atoms with E-state index in [2.05, 4.69) is 0 Å². The molecule has 0 amide bonds. The van der Waals surface area contributed by atoms with Crippen LogP contribution in [0.2, 0.25) is 0 Å². The summed E-state index contributed by atoms with van der Waals surface area (Å²) in [6, 6.07) is 0. The van der Waals surface area contributed by atoms with Crippen LogP contribution in [0.4, 0.5) is 0 Å². The molecular weight excluding hydrogens is 200 g/mol. The Hall–Kier alpha value is 0.500. The molecule has 1 unspecified atom stereocenters. The lowest BCUT2D eigenvalue weighted by atomic mass is 10.8. The van der Waals surface area contributed by atoms with Gasteiger partial charge in [0.05, 0.1) is 6.16 Å². The van der Waals surface area contributed by atoms with Gasteiger partial charge in [0.1, 0.15) is 0 Å². The van der Waals surface area contributed by atoms with Crippen molar-refractivity contribution in [1.29, 1.82) is 0 Å². The normalized spacial score (nSPS) is 30.7. The van der Waals surface area contributed by atoms with Crippen LogP contribution in [-0.4, -0.2) is 38.5 Å². The van der Waals surface area contributed by atoms with Crippen LogP contribution in [0, 0.1) is 0 Å². The second-order valence-electron chi connectivity index (χ2n) is 2.24. The van der Waals surface area contributed by atoms with Crippen LogP contribution in [0.25, 0.3) is 0 Å². The van der Waals surface area contributed by atoms with Gasteiger partial charge in [0.15, 0.2) is 0 Å². The number of hydrogen-bond acceptors (Lipinski definition) is 4. The molecule has 1 fully saturated rings. The Balaban J connectivity index is 2.58. The van der Waals surface area contributed by atoms with Crippen molar-refractivity contribution in [1.82, 2.24) is 4.44 Å². The molecule has 0 N–H and O–H groups in total. The summed E-state index contributed by atoms with van der Waals surface area (Å²) in [6.45, 7) is 0.721. The molecule has 0 radical (unpaired) electrons. The number of rotatable bonds is 4. The average molecular weight is 213 g/mol. The summed E-state index contributed by atoms with van der Waals surface area (Å²) in [5, 5.41) is 0. The number of hydrogen-bond donors (Lipinski definition) is 0. The quantitative estimate of drug-likeness (QED) is 0.664. The van der Waals surface area contributed by atoms with E-state index in [1.165, 1.54) is 21.3 Å². The third kappa shape index (κ3) is 1.72. The Bertz CT molecular complexity index is 190. The van der Waals surface area contributed by atoms with Crippen molar-refractivity contribution >= 4 is 16.0 Å². The van der Waals surface area contributed by atoms with Gasteiger partial charge in [-0.15, -0.1) is 0 Å². The van der Waals surface area contributed by atoms with E-state index in [0.717, 1.165) is 6.54 Å². The molecule has 0 aromatic carbocycles. The Labute approximate surface area is 73.5 Å². The molecule has 1 aliphatic rings. The van der Waals surface area contributed by atoms with Crippen LogP contribution in [0.1, 0.15) is 0 Å². The fourth-order valence-electron chi connectivity index (χ4n) is 0.994. The van der Waals surface area contributed by atoms with Crippen molar-refractivity contribution in [2.75, 3.05) is 34.0 Å². The van der Waals surface area contributed by atoms with Gasteiger partial charge in [-0.1, -0.05) is 0 Å². The molecular formula is C5H13NO4P2. The van der Waals surface area contributed by atoms with Gasteiger partial charge in [-0.25, -0.2) is 0 Å². The summed E-state index contributed by atoms with van der Waals surface area (Å²) in [6.07, 6.45) is 0.592. The maximum atomic E-state index is 11.7. The molecule has 72 valence electrons. The fraction of sp³-hybridized carbons (Fsp3) is 1.00. The Morgan fingerprint density at radius 1 is 1.33 bits per heavy atom. The Morgan fingerprint density at radius 3 is 2.17 bits per heavy atom. The van der Waals surface area contributed by atoms with Gasteiger partial charge in [-0.3, -0.25) is 4.57 Å². The van der Waals surface area contributed by atoms with E-state index < -0.39 is 16.0 Å². The van der Waals surface area contributed by atoms with E-state index in [-0.39, 0.29) is 0 Å². The second kappa shape index (κ2) is 4.14. The van der Waals surface area contributed by atoms with E-state index in [1.807, 2.05) is 0 Å².